The van der Waals surface area contributed by atoms with Crippen molar-refractivity contribution < 1.29 is 4.79 Å². The average molecular weight is 262 g/mol. The number of ketones is 1. The monoisotopic (exact) mass is 262 g/mol. The van der Waals surface area contributed by atoms with Gasteiger partial charge in [0, 0.05) is 42.2 Å². The Bertz CT molecular complexity index is 733. The summed E-state index contributed by atoms with van der Waals surface area (Å²) in [4.78, 5) is 20.5. The number of Topliss-reactive ketones (excluding diaryl/α,β-unsaturated/α-hetero) is 1. The minimum absolute atomic E-state index is 0.131. The zero-order valence-corrected chi connectivity index (χ0v) is 11.0. The molecule has 0 spiro atoms. The smallest absolute Gasteiger partial charge is 0.165 e. The fourth-order valence-electron chi connectivity index (χ4n) is 2.28. The van der Waals surface area contributed by atoms with Crippen molar-refractivity contribution in [3.05, 3.63) is 72.3 Å². The lowest BCUT2D eigenvalue weighted by Gasteiger charge is -2.05. The second-order valence-corrected chi connectivity index (χ2v) is 4.69. The molecule has 1 aromatic carbocycles. The van der Waals surface area contributed by atoms with Gasteiger partial charge in [-0.1, -0.05) is 24.3 Å². The van der Waals surface area contributed by atoms with Crippen LogP contribution >= 0.6 is 0 Å². The van der Waals surface area contributed by atoms with E-state index in [1.165, 1.54) is 0 Å². The van der Waals surface area contributed by atoms with E-state index in [1.54, 1.807) is 24.8 Å². The van der Waals surface area contributed by atoms with Gasteiger partial charge in [0.25, 0.3) is 0 Å². The zero-order valence-electron chi connectivity index (χ0n) is 11.0. The summed E-state index contributed by atoms with van der Waals surface area (Å²) >= 11 is 0. The molecule has 0 saturated carbocycles. The highest BCUT2D eigenvalue weighted by molar-refractivity contribution is 6.07. The Morgan fingerprint density at radius 3 is 2.60 bits per heavy atom. The maximum atomic E-state index is 12.4. The molecule has 2 aromatic heterocycles. The summed E-state index contributed by atoms with van der Waals surface area (Å²) in [5.74, 6) is 0.131. The van der Waals surface area contributed by atoms with Crippen molar-refractivity contribution >= 4 is 16.6 Å². The Labute approximate surface area is 117 Å². The van der Waals surface area contributed by atoms with E-state index in [9.17, 15) is 4.79 Å². The number of hydrogen-bond donors (Lipinski definition) is 0. The Hall–Kier alpha value is -2.55. The van der Waals surface area contributed by atoms with Crippen LogP contribution in [0.2, 0.25) is 0 Å². The molecule has 0 bridgehead atoms. The van der Waals surface area contributed by atoms with Crippen molar-refractivity contribution in [1.82, 2.24) is 9.97 Å². The maximum absolute atomic E-state index is 12.4. The highest BCUT2D eigenvalue weighted by atomic mass is 16.1. The molecule has 3 aromatic rings. The van der Waals surface area contributed by atoms with Crippen LogP contribution in [0.5, 0.6) is 0 Å². The summed E-state index contributed by atoms with van der Waals surface area (Å²) in [5, 5.41) is 1.98. The first-order valence-electron chi connectivity index (χ1n) is 6.59. The predicted molar refractivity (Wildman–Crippen MR) is 78.6 cm³/mol. The molecule has 0 fully saturated rings. The molecule has 0 radical (unpaired) electrons. The number of carbonyl (C=O) groups excluding carboxylic acids is 1. The second kappa shape index (κ2) is 5.61. The third kappa shape index (κ3) is 2.57. The molecule has 2 heterocycles. The number of rotatable bonds is 4. The van der Waals surface area contributed by atoms with Crippen LogP contribution in [0.15, 0.2) is 61.2 Å². The minimum Gasteiger partial charge on any atom is -0.294 e. The first kappa shape index (κ1) is 12.5. The van der Waals surface area contributed by atoms with E-state index in [0.29, 0.717) is 12.0 Å². The molecule has 0 aliphatic rings. The normalized spacial score (nSPS) is 10.6. The highest BCUT2D eigenvalue weighted by Gasteiger charge is 2.10. The fraction of sp³-hybridized carbons (Fsp3) is 0.118. The Balaban J connectivity index is 1.82. The summed E-state index contributed by atoms with van der Waals surface area (Å²) in [6.45, 7) is 0. The van der Waals surface area contributed by atoms with Gasteiger partial charge in [-0.05, 0) is 29.5 Å². The quantitative estimate of drug-likeness (QED) is 0.676. The van der Waals surface area contributed by atoms with Crippen molar-refractivity contribution in [1.29, 1.82) is 0 Å². The fourth-order valence-corrected chi connectivity index (χ4v) is 2.28. The summed E-state index contributed by atoms with van der Waals surface area (Å²) < 4.78 is 0. The largest absolute Gasteiger partial charge is 0.294 e. The van der Waals surface area contributed by atoms with Crippen molar-refractivity contribution in [2.45, 2.75) is 12.8 Å². The molecular weight excluding hydrogens is 248 g/mol. The third-order valence-corrected chi connectivity index (χ3v) is 3.36. The number of pyridine rings is 2. The number of aromatic nitrogens is 2. The van der Waals surface area contributed by atoms with Crippen LogP contribution in [0.3, 0.4) is 0 Å². The first-order chi connectivity index (χ1) is 9.84. The van der Waals surface area contributed by atoms with Gasteiger partial charge in [0.15, 0.2) is 5.78 Å². The van der Waals surface area contributed by atoms with E-state index < -0.39 is 0 Å². The van der Waals surface area contributed by atoms with Crippen molar-refractivity contribution in [2.75, 3.05) is 0 Å². The second-order valence-electron chi connectivity index (χ2n) is 4.69. The van der Waals surface area contributed by atoms with Gasteiger partial charge >= 0.3 is 0 Å². The zero-order chi connectivity index (χ0) is 13.8. The first-order valence-corrected chi connectivity index (χ1v) is 6.59. The molecule has 0 unspecified atom stereocenters. The topological polar surface area (TPSA) is 42.9 Å². The number of carbonyl (C=O) groups is 1. The molecule has 0 saturated heterocycles. The van der Waals surface area contributed by atoms with Gasteiger partial charge in [0.05, 0.1) is 0 Å². The van der Waals surface area contributed by atoms with Gasteiger partial charge in [0.1, 0.15) is 0 Å². The predicted octanol–water partition coefficient (Wildman–Crippen LogP) is 3.45. The molecular formula is C17H14N2O. The number of fused-ring (bicyclic) bond motifs is 1. The van der Waals surface area contributed by atoms with Crippen molar-refractivity contribution in [3.8, 4) is 0 Å². The van der Waals surface area contributed by atoms with Crippen LogP contribution in [0.1, 0.15) is 22.3 Å². The summed E-state index contributed by atoms with van der Waals surface area (Å²) in [5.41, 5.74) is 1.83. The van der Waals surface area contributed by atoms with E-state index in [1.807, 2.05) is 36.4 Å². The van der Waals surface area contributed by atoms with E-state index in [-0.39, 0.29) is 5.78 Å². The van der Waals surface area contributed by atoms with Crippen LogP contribution in [0.25, 0.3) is 10.8 Å². The lowest BCUT2D eigenvalue weighted by atomic mass is 10.0. The van der Waals surface area contributed by atoms with Crippen LogP contribution in [0, 0.1) is 0 Å². The van der Waals surface area contributed by atoms with E-state index in [0.717, 1.165) is 22.8 Å². The molecule has 20 heavy (non-hydrogen) atoms. The Morgan fingerprint density at radius 1 is 0.950 bits per heavy atom. The van der Waals surface area contributed by atoms with Crippen LogP contribution < -0.4 is 0 Å². The lowest BCUT2D eigenvalue weighted by molar-refractivity contribution is 0.0984. The standard InChI is InChI=1S/C17H14N2O/c20-17(6-5-13-7-9-18-10-8-13)16-12-19-11-14-3-1-2-4-15(14)16/h1-4,7-12H,5-6H2. The molecule has 0 amide bonds. The van der Waals surface area contributed by atoms with Crippen LogP contribution in [0.4, 0.5) is 0 Å². The highest BCUT2D eigenvalue weighted by Crippen LogP contribution is 2.19. The summed E-state index contributed by atoms with van der Waals surface area (Å²) in [7, 11) is 0. The molecule has 0 aliphatic carbocycles. The van der Waals surface area contributed by atoms with Gasteiger partial charge in [-0.25, -0.2) is 0 Å². The molecule has 3 heteroatoms. The van der Waals surface area contributed by atoms with Gasteiger partial charge in [-0.15, -0.1) is 0 Å². The SMILES string of the molecule is O=C(CCc1ccncc1)c1cncc2ccccc12. The number of benzene rings is 1. The number of hydrogen-bond acceptors (Lipinski definition) is 3. The molecule has 98 valence electrons. The summed E-state index contributed by atoms with van der Waals surface area (Å²) in [6, 6.07) is 11.7. The van der Waals surface area contributed by atoms with Crippen LogP contribution in [-0.4, -0.2) is 15.8 Å². The van der Waals surface area contributed by atoms with E-state index in [4.69, 9.17) is 0 Å². The third-order valence-electron chi connectivity index (χ3n) is 3.36. The van der Waals surface area contributed by atoms with Gasteiger partial charge in [-0.3, -0.25) is 14.8 Å². The minimum atomic E-state index is 0.131. The van der Waals surface area contributed by atoms with Crippen LogP contribution in [-0.2, 0) is 6.42 Å². The molecule has 3 rings (SSSR count). The number of nitrogens with zero attached hydrogens (tertiary/aromatic N) is 2. The maximum Gasteiger partial charge on any atom is 0.165 e. The van der Waals surface area contributed by atoms with Gasteiger partial charge in [0.2, 0.25) is 0 Å². The number of aryl methyl sites for hydroxylation is 1. The van der Waals surface area contributed by atoms with Crippen molar-refractivity contribution in [3.63, 3.8) is 0 Å². The van der Waals surface area contributed by atoms with Gasteiger partial charge < -0.3 is 0 Å². The Kier molecular flexibility index (Phi) is 3.50. The lowest BCUT2D eigenvalue weighted by Crippen LogP contribution is -2.03. The molecule has 0 aliphatic heterocycles. The molecule has 0 atom stereocenters. The van der Waals surface area contributed by atoms with E-state index in [2.05, 4.69) is 9.97 Å². The molecule has 3 nitrogen and oxygen atoms in total. The van der Waals surface area contributed by atoms with Crippen molar-refractivity contribution in [2.24, 2.45) is 0 Å². The molecule has 0 N–H and O–H groups in total. The Morgan fingerprint density at radius 2 is 1.75 bits per heavy atom. The average Bonchev–Trinajstić information content (AvgIpc) is 2.53. The van der Waals surface area contributed by atoms with Gasteiger partial charge in [-0.2, -0.15) is 0 Å². The summed E-state index contributed by atoms with van der Waals surface area (Å²) in [6.07, 6.45) is 8.16. The van der Waals surface area contributed by atoms with E-state index >= 15 is 0 Å².